The van der Waals surface area contributed by atoms with Crippen molar-refractivity contribution < 1.29 is 4.74 Å². The molecule has 4 heteroatoms. The van der Waals surface area contributed by atoms with Crippen molar-refractivity contribution in [1.82, 2.24) is 10.6 Å². The fourth-order valence-electron chi connectivity index (χ4n) is 1.70. The van der Waals surface area contributed by atoms with Crippen molar-refractivity contribution in [2.75, 3.05) is 13.6 Å². The van der Waals surface area contributed by atoms with Crippen LogP contribution in [-0.4, -0.2) is 25.2 Å². The van der Waals surface area contributed by atoms with E-state index in [2.05, 4.69) is 67.2 Å². The normalized spacial score (nSPS) is 12.1. The topological polar surface area (TPSA) is 45.7 Å². The van der Waals surface area contributed by atoms with Gasteiger partial charge in [0.2, 0.25) is 0 Å². The summed E-state index contributed by atoms with van der Waals surface area (Å²) in [4.78, 5) is 4.15. The molecule has 4 nitrogen and oxygen atoms in total. The Kier molecular flexibility index (Phi) is 6.96. The van der Waals surface area contributed by atoms with Crippen LogP contribution >= 0.6 is 0 Å². The van der Waals surface area contributed by atoms with Gasteiger partial charge in [0, 0.05) is 20.1 Å². The van der Waals surface area contributed by atoms with E-state index in [0.29, 0.717) is 13.2 Å². The van der Waals surface area contributed by atoms with Crippen LogP contribution in [0.5, 0.6) is 0 Å². The third-order valence-corrected chi connectivity index (χ3v) is 2.76. The molecule has 0 unspecified atom stereocenters. The molecule has 0 amide bonds. The average Bonchev–Trinajstić information content (AvgIpc) is 2.45. The van der Waals surface area contributed by atoms with Crippen molar-refractivity contribution in [2.45, 2.75) is 39.5 Å². The highest BCUT2D eigenvalue weighted by Gasteiger charge is 2.10. The molecule has 0 bridgehead atoms. The number of hydrogen-bond donors (Lipinski definition) is 2. The molecule has 0 spiro atoms. The van der Waals surface area contributed by atoms with E-state index in [4.69, 9.17) is 4.74 Å². The molecule has 1 aromatic carbocycles. The van der Waals surface area contributed by atoms with Crippen molar-refractivity contribution in [1.29, 1.82) is 0 Å². The summed E-state index contributed by atoms with van der Waals surface area (Å²) in [5.41, 5.74) is 2.26. The van der Waals surface area contributed by atoms with Gasteiger partial charge in [-0.05, 0) is 31.9 Å². The van der Waals surface area contributed by atoms with Crippen molar-refractivity contribution >= 4 is 5.96 Å². The zero-order chi connectivity index (χ0) is 15.7. The smallest absolute Gasteiger partial charge is 0.191 e. The first-order chi connectivity index (χ1) is 9.94. The number of nitrogens with zero attached hydrogens (tertiary/aromatic N) is 1. The van der Waals surface area contributed by atoms with Crippen LogP contribution in [0.4, 0.5) is 0 Å². The van der Waals surface area contributed by atoms with Gasteiger partial charge in [0.15, 0.2) is 5.96 Å². The van der Waals surface area contributed by atoms with Crippen LogP contribution in [0.3, 0.4) is 0 Å². The molecule has 0 fully saturated rings. The molecule has 0 saturated heterocycles. The van der Waals surface area contributed by atoms with Crippen LogP contribution in [0.2, 0.25) is 0 Å². The molecule has 0 atom stereocenters. The van der Waals surface area contributed by atoms with Crippen LogP contribution < -0.4 is 10.6 Å². The third kappa shape index (κ3) is 7.51. The molecule has 0 radical (unpaired) electrons. The van der Waals surface area contributed by atoms with Crippen LogP contribution in [0.15, 0.2) is 41.9 Å². The van der Waals surface area contributed by atoms with Crippen LogP contribution in [-0.2, 0) is 17.9 Å². The molecule has 0 heterocycles. The predicted octanol–water partition coefficient (Wildman–Crippen LogP) is 2.85. The Morgan fingerprint density at radius 3 is 2.62 bits per heavy atom. The Balaban J connectivity index is 2.54. The molecule has 0 aliphatic carbocycles. The number of benzene rings is 1. The minimum absolute atomic E-state index is 0.120. The van der Waals surface area contributed by atoms with Gasteiger partial charge in [-0.2, -0.15) is 0 Å². The highest BCUT2D eigenvalue weighted by atomic mass is 16.5. The van der Waals surface area contributed by atoms with Crippen molar-refractivity contribution in [3.63, 3.8) is 0 Å². The number of nitrogens with one attached hydrogen (secondary N) is 2. The van der Waals surface area contributed by atoms with Gasteiger partial charge in [-0.15, -0.1) is 6.58 Å². The molecule has 21 heavy (non-hydrogen) atoms. The average molecular weight is 289 g/mol. The van der Waals surface area contributed by atoms with Crippen LogP contribution in [0.1, 0.15) is 31.9 Å². The SMILES string of the molecule is C=CCNC(=NC)NCc1cccc(COC(C)(C)C)c1. The molecule has 2 N–H and O–H groups in total. The van der Waals surface area contributed by atoms with E-state index in [1.165, 1.54) is 11.1 Å². The Bertz CT molecular complexity index is 475. The lowest BCUT2D eigenvalue weighted by atomic mass is 10.1. The zero-order valence-corrected chi connectivity index (χ0v) is 13.6. The Morgan fingerprint density at radius 2 is 2.00 bits per heavy atom. The second-order valence-corrected chi connectivity index (χ2v) is 5.82. The van der Waals surface area contributed by atoms with Gasteiger partial charge in [-0.25, -0.2) is 0 Å². The summed E-state index contributed by atoms with van der Waals surface area (Å²) >= 11 is 0. The molecule has 1 aromatic rings. The maximum Gasteiger partial charge on any atom is 0.191 e. The van der Waals surface area contributed by atoms with E-state index < -0.39 is 0 Å². The zero-order valence-electron chi connectivity index (χ0n) is 13.6. The fourth-order valence-corrected chi connectivity index (χ4v) is 1.70. The Hall–Kier alpha value is -1.81. The van der Waals surface area contributed by atoms with E-state index >= 15 is 0 Å². The predicted molar refractivity (Wildman–Crippen MR) is 89.4 cm³/mol. The van der Waals surface area contributed by atoms with Gasteiger partial charge in [0.25, 0.3) is 0 Å². The summed E-state index contributed by atoms with van der Waals surface area (Å²) in [7, 11) is 1.76. The van der Waals surface area contributed by atoms with E-state index in [0.717, 1.165) is 12.5 Å². The minimum Gasteiger partial charge on any atom is -0.371 e. The Labute approximate surface area is 128 Å². The largest absolute Gasteiger partial charge is 0.371 e. The first kappa shape index (κ1) is 17.2. The first-order valence-electron chi connectivity index (χ1n) is 7.22. The van der Waals surface area contributed by atoms with Crippen LogP contribution in [0.25, 0.3) is 0 Å². The standard InChI is InChI=1S/C17H27N3O/c1-6-10-19-16(18-5)20-12-14-8-7-9-15(11-14)13-21-17(2,3)4/h6-9,11H,1,10,12-13H2,2-5H3,(H2,18,19,20). The number of guanidine groups is 1. The molecular weight excluding hydrogens is 262 g/mol. The maximum atomic E-state index is 5.80. The second-order valence-electron chi connectivity index (χ2n) is 5.82. The summed E-state index contributed by atoms with van der Waals surface area (Å²) in [6.07, 6.45) is 1.80. The lowest BCUT2D eigenvalue weighted by Crippen LogP contribution is -2.36. The van der Waals surface area contributed by atoms with Crippen molar-refractivity contribution in [3.05, 3.63) is 48.0 Å². The van der Waals surface area contributed by atoms with Gasteiger partial charge >= 0.3 is 0 Å². The van der Waals surface area contributed by atoms with Crippen molar-refractivity contribution in [3.8, 4) is 0 Å². The fraction of sp³-hybridized carbons (Fsp3) is 0.471. The number of ether oxygens (including phenoxy) is 1. The highest BCUT2D eigenvalue weighted by Crippen LogP contribution is 2.13. The summed E-state index contributed by atoms with van der Waals surface area (Å²) in [6, 6.07) is 8.38. The summed E-state index contributed by atoms with van der Waals surface area (Å²) in [6.45, 7) is 11.9. The number of rotatable bonds is 6. The van der Waals surface area contributed by atoms with Gasteiger partial charge in [0.1, 0.15) is 0 Å². The van der Waals surface area contributed by atoms with Gasteiger partial charge in [-0.1, -0.05) is 30.3 Å². The highest BCUT2D eigenvalue weighted by molar-refractivity contribution is 5.79. The summed E-state index contributed by atoms with van der Waals surface area (Å²) < 4.78 is 5.80. The second kappa shape index (κ2) is 8.47. The van der Waals surface area contributed by atoms with Crippen LogP contribution in [0, 0.1) is 0 Å². The molecule has 0 aliphatic heterocycles. The lowest BCUT2D eigenvalue weighted by Gasteiger charge is -2.19. The molecule has 0 aromatic heterocycles. The lowest BCUT2D eigenvalue weighted by molar-refractivity contribution is -0.0149. The van der Waals surface area contributed by atoms with Crippen molar-refractivity contribution in [2.24, 2.45) is 4.99 Å². The molecule has 0 saturated carbocycles. The summed E-state index contributed by atoms with van der Waals surface area (Å²) in [5.74, 6) is 0.770. The van der Waals surface area contributed by atoms with Gasteiger partial charge < -0.3 is 15.4 Å². The minimum atomic E-state index is -0.120. The monoisotopic (exact) mass is 289 g/mol. The van der Waals surface area contributed by atoms with E-state index in [9.17, 15) is 0 Å². The van der Waals surface area contributed by atoms with Gasteiger partial charge in [-0.3, -0.25) is 4.99 Å². The van der Waals surface area contributed by atoms with Gasteiger partial charge in [0.05, 0.1) is 12.2 Å². The number of hydrogen-bond acceptors (Lipinski definition) is 2. The molecular formula is C17H27N3O. The maximum absolute atomic E-state index is 5.80. The summed E-state index contributed by atoms with van der Waals surface area (Å²) in [5, 5.41) is 6.42. The Morgan fingerprint density at radius 1 is 1.29 bits per heavy atom. The quantitative estimate of drug-likeness (QED) is 0.481. The van der Waals surface area contributed by atoms with E-state index in [-0.39, 0.29) is 5.60 Å². The first-order valence-corrected chi connectivity index (χ1v) is 7.22. The molecule has 0 aliphatic rings. The molecule has 1 rings (SSSR count). The number of aliphatic imine (C=N–C) groups is 1. The molecule has 116 valence electrons. The third-order valence-electron chi connectivity index (χ3n) is 2.76. The van der Waals surface area contributed by atoms with E-state index in [1.54, 1.807) is 13.1 Å². The van der Waals surface area contributed by atoms with E-state index in [1.807, 2.05) is 0 Å².